The maximum absolute atomic E-state index is 13.1. The summed E-state index contributed by atoms with van der Waals surface area (Å²) in [6.45, 7) is 0.267. The maximum atomic E-state index is 13.1. The molecule has 1 amide bonds. The monoisotopic (exact) mass is 483 g/mol. The zero-order chi connectivity index (χ0) is 24.8. The molecule has 1 unspecified atom stereocenters. The number of aromatic nitrogens is 1. The number of anilines is 1. The highest BCUT2D eigenvalue weighted by Gasteiger charge is 2.37. The lowest BCUT2D eigenvalue weighted by molar-refractivity contribution is -0.143. The minimum absolute atomic E-state index is 0.0537. The van der Waals surface area contributed by atoms with Crippen molar-refractivity contribution in [2.45, 2.75) is 18.8 Å². The van der Waals surface area contributed by atoms with E-state index in [1.165, 1.54) is 18.4 Å². The number of amides is 1. The second kappa shape index (κ2) is 10.5. The van der Waals surface area contributed by atoms with Crippen molar-refractivity contribution in [1.29, 1.82) is 0 Å². The molecule has 1 atom stereocenters. The number of aliphatic imine (C=N–C) groups is 2. The summed E-state index contributed by atoms with van der Waals surface area (Å²) in [5, 5.41) is 5.59. The van der Waals surface area contributed by atoms with Crippen molar-refractivity contribution in [2.75, 3.05) is 18.5 Å². The highest BCUT2D eigenvalue weighted by Crippen LogP contribution is 2.36. The number of pyridine rings is 1. The van der Waals surface area contributed by atoms with Gasteiger partial charge in [0.15, 0.2) is 5.84 Å². The lowest BCUT2D eigenvalue weighted by Gasteiger charge is -2.14. The summed E-state index contributed by atoms with van der Waals surface area (Å²) in [6.07, 6.45) is -2.20. The Labute approximate surface area is 190 Å². The predicted octanol–water partition coefficient (Wildman–Crippen LogP) is 4.70. The van der Waals surface area contributed by atoms with Crippen LogP contribution in [0.25, 0.3) is 0 Å². The largest absolute Gasteiger partial charge is 0.416 e. The van der Waals surface area contributed by atoms with E-state index in [0.717, 1.165) is 5.69 Å². The van der Waals surface area contributed by atoms with E-state index in [4.69, 9.17) is 0 Å². The average molecular weight is 483 g/mol. The van der Waals surface area contributed by atoms with Crippen LogP contribution in [0.5, 0.6) is 0 Å². The first-order valence-electron chi connectivity index (χ1n) is 10.0. The van der Waals surface area contributed by atoms with Gasteiger partial charge in [0, 0.05) is 42.3 Å². The van der Waals surface area contributed by atoms with E-state index in [1.54, 1.807) is 24.5 Å². The molecule has 2 N–H and O–H groups in total. The van der Waals surface area contributed by atoms with Crippen LogP contribution in [0, 0.1) is 5.92 Å². The fourth-order valence-electron chi connectivity index (χ4n) is 2.97. The number of carbonyl (C=O) groups is 1. The van der Waals surface area contributed by atoms with Crippen LogP contribution in [-0.2, 0) is 17.1 Å². The summed E-state index contributed by atoms with van der Waals surface area (Å²) in [6, 6.07) is 4.68. The zero-order valence-corrected chi connectivity index (χ0v) is 17.5. The Hall–Kier alpha value is -3.70. The molecule has 0 fully saturated rings. The van der Waals surface area contributed by atoms with Gasteiger partial charge in [-0.25, -0.2) is 4.99 Å². The van der Waals surface area contributed by atoms with Gasteiger partial charge in [-0.3, -0.25) is 14.8 Å². The number of hydrogen-bond donors (Lipinski definition) is 2. The number of halogens is 6. The third-order valence-electron chi connectivity index (χ3n) is 4.69. The molecule has 180 valence electrons. The lowest BCUT2D eigenvalue weighted by Crippen LogP contribution is -2.27. The fourth-order valence-corrected chi connectivity index (χ4v) is 2.97. The highest BCUT2D eigenvalue weighted by atomic mass is 19.4. The Kier molecular flexibility index (Phi) is 7.69. The van der Waals surface area contributed by atoms with E-state index in [9.17, 15) is 31.1 Å². The van der Waals surface area contributed by atoms with E-state index < -0.39 is 29.4 Å². The molecule has 0 bridgehead atoms. The number of carbonyl (C=O) groups excluding carboxylic acids is 1. The summed E-state index contributed by atoms with van der Waals surface area (Å²) in [4.78, 5) is 23.9. The van der Waals surface area contributed by atoms with Gasteiger partial charge in [0.1, 0.15) is 0 Å². The van der Waals surface area contributed by atoms with E-state index >= 15 is 0 Å². The van der Waals surface area contributed by atoms with Crippen LogP contribution in [0.3, 0.4) is 0 Å². The van der Waals surface area contributed by atoms with Crippen molar-refractivity contribution in [3.63, 3.8) is 0 Å². The highest BCUT2D eigenvalue weighted by molar-refractivity contribution is 6.04. The van der Waals surface area contributed by atoms with Gasteiger partial charge in [-0.1, -0.05) is 6.08 Å². The molecule has 1 aromatic heterocycles. The Morgan fingerprint density at radius 2 is 1.68 bits per heavy atom. The molecule has 6 nitrogen and oxygen atoms in total. The van der Waals surface area contributed by atoms with E-state index in [1.807, 2.05) is 0 Å². The Balaban J connectivity index is 1.66. The minimum atomic E-state index is -4.96. The van der Waals surface area contributed by atoms with Crippen molar-refractivity contribution in [3.8, 4) is 0 Å². The van der Waals surface area contributed by atoms with Gasteiger partial charge in [-0.2, -0.15) is 26.3 Å². The number of allylic oxidation sites excluding steroid dienone is 1. The molecule has 3 rings (SSSR count). The quantitative estimate of drug-likeness (QED) is 0.355. The number of alkyl halides is 6. The van der Waals surface area contributed by atoms with Crippen LogP contribution in [0.2, 0.25) is 0 Å². The number of nitrogens with zero attached hydrogens (tertiary/aromatic N) is 3. The number of hydrogen-bond acceptors (Lipinski definition) is 5. The van der Waals surface area contributed by atoms with Crippen LogP contribution in [0.4, 0.5) is 32.0 Å². The smallest absolute Gasteiger partial charge is 0.368 e. The van der Waals surface area contributed by atoms with Crippen LogP contribution < -0.4 is 10.6 Å². The summed E-state index contributed by atoms with van der Waals surface area (Å²) in [7, 11) is 0. The first-order valence-corrected chi connectivity index (χ1v) is 10.0. The SMILES string of the molecule is O=C(/C=C\C1C=NC(c2cc(C(F)(F)F)cc(C(F)(F)F)c2)=NCC1)NCNc1ccncc1. The molecule has 34 heavy (non-hydrogen) atoms. The molecule has 0 radical (unpaired) electrons. The third kappa shape index (κ3) is 7.15. The molecule has 1 aliphatic heterocycles. The van der Waals surface area contributed by atoms with Gasteiger partial charge in [0.2, 0.25) is 5.91 Å². The molecule has 12 heteroatoms. The Morgan fingerprint density at radius 3 is 2.29 bits per heavy atom. The second-order valence-electron chi connectivity index (χ2n) is 7.22. The molecule has 2 heterocycles. The fraction of sp³-hybridized carbons (Fsp3) is 0.273. The molecule has 0 saturated heterocycles. The molecular weight excluding hydrogens is 464 g/mol. The minimum Gasteiger partial charge on any atom is -0.368 e. The summed E-state index contributed by atoms with van der Waals surface area (Å²) in [5.74, 6) is -1.01. The average Bonchev–Trinajstić information content (AvgIpc) is 3.03. The van der Waals surface area contributed by atoms with Gasteiger partial charge in [-0.05, 0) is 42.8 Å². The summed E-state index contributed by atoms with van der Waals surface area (Å²) >= 11 is 0. The number of amidine groups is 1. The first-order chi connectivity index (χ1) is 16.0. The second-order valence-corrected chi connectivity index (χ2v) is 7.22. The van der Waals surface area contributed by atoms with Gasteiger partial charge < -0.3 is 10.6 Å². The van der Waals surface area contributed by atoms with Crippen LogP contribution in [0.15, 0.2) is 64.9 Å². The normalized spacial score (nSPS) is 16.8. The van der Waals surface area contributed by atoms with Gasteiger partial charge in [-0.15, -0.1) is 0 Å². The number of benzene rings is 1. The number of rotatable bonds is 6. The van der Waals surface area contributed by atoms with E-state index in [0.29, 0.717) is 18.6 Å². The first kappa shape index (κ1) is 24.9. The predicted molar refractivity (Wildman–Crippen MR) is 114 cm³/mol. The van der Waals surface area contributed by atoms with Crippen molar-refractivity contribution in [3.05, 3.63) is 71.6 Å². The standard InChI is InChI=1S/C22H19F6N5O/c23-21(24,25)16-9-15(10-17(11-16)22(26,27)28)20-30-8-3-14(12-31-20)1-2-19(34)33-13-32-18-4-6-29-7-5-18/h1-2,4-7,9-12,14H,3,8,13H2,(H,29,32)(H,33,34)/b2-1-. The molecule has 0 saturated carbocycles. The van der Waals surface area contributed by atoms with Crippen molar-refractivity contribution in [2.24, 2.45) is 15.9 Å². The molecule has 1 aliphatic rings. The van der Waals surface area contributed by atoms with Crippen molar-refractivity contribution in [1.82, 2.24) is 10.3 Å². The van der Waals surface area contributed by atoms with Crippen molar-refractivity contribution >= 4 is 23.6 Å². The van der Waals surface area contributed by atoms with Gasteiger partial charge in [0.05, 0.1) is 17.8 Å². The maximum Gasteiger partial charge on any atom is 0.416 e. The summed E-state index contributed by atoms with van der Waals surface area (Å²) < 4.78 is 78.6. The van der Waals surface area contributed by atoms with Gasteiger partial charge in [0.25, 0.3) is 0 Å². The third-order valence-corrected chi connectivity index (χ3v) is 4.69. The number of nitrogens with one attached hydrogen (secondary N) is 2. The van der Waals surface area contributed by atoms with Gasteiger partial charge >= 0.3 is 12.4 Å². The van der Waals surface area contributed by atoms with Crippen LogP contribution >= 0.6 is 0 Å². The van der Waals surface area contributed by atoms with E-state index in [-0.39, 0.29) is 36.6 Å². The lowest BCUT2D eigenvalue weighted by atomic mass is 10.0. The van der Waals surface area contributed by atoms with Crippen LogP contribution in [-0.4, -0.2) is 36.2 Å². The zero-order valence-electron chi connectivity index (χ0n) is 17.5. The van der Waals surface area contributed by atoms with Crippen LogP contribution in [0.1, 0.15) is 23.1 Å². The molecule has 0 spiro atoms. The molecule has 2 aromatic rings. The Morgan fingerprint density at radius 1 is 1.03 bits per heavy atom. The molecule has 1 aromatic carbocycles. The molecular formula is C22H19F6N5O. The van der Waals surface area contributed by atoms with Crippen molar-refractivity contribution < 1.29 is 31.1 Å². The summed E-state index contributed by atoms with van der Waals surface area (Å²) in [5.41, 5.74) is -2.49. The topological polar surface area (TPSA) is 78.7 Å². The van der Waals surface area contributed by atoms with E-state index in [2.05, 4.69) is 25.6 Å². The molecule has 0 aliphatic carbocycles. The Bertz CT molecular complexity index is 1060.